The van der Waals surface area contributed by atoms with Gasteiger partial charge in [-0.1, -0.05) is 53.6 Å². The molecule has 1 aliphatic rings. The van der Waals surface area contributed by atoms with Crippen LogP contribution >= 0.6 is 11.6 Å². The molecule has 1 fully saturated rings. The number of nitrogens with zero attached hydrogens (tertiary/aromatic N) is 3. The van der Waals surface area contributed by atoms with Crippen LogP contribution in [0, 0.1) is 6.92 Å². The molecule has 1 atom stereocenters. The predicted octanol–water partition coefficient (Wildman–Crippen LogP) is 4.06. The maximum absolute atomic E-state index is 12.9. The molecule has 0 saturated carbocycles. The Morgan fingerprint density at radius 1 is 1.03 bits per heavy atom. The quantitative estimate of drug-likeness (QED) is 0.403. The summed E-state index contributed by atoms with van der Waals surface area (Å²) in [6.07, 6.45) is 2.97. The van der Waals surface area contributed by atoms with Crippen LogP contribution in [0.3, 0.4) is 0 Å². The number of carbonyl (C=O) groups is 2. The summed E-state index contributed by atoms with van der Waals surface area (Å²) in [4.78, 5) is 35.3. The van der Waals surface area contributed by atoms with Crippen molar-refractivity contribution in [2.75, 3.05) is 4.90 Å². The van der Waals surface area contributed by atoms with Gasteiger partial charge in [-0.15, -0.1) is 0 Å². The zero-order valence-corrected chi connectivity index (χ0v) is 16.2. The molecule has 0 aliphatic carbocycles. The van der Waals surface area contributed by atoms with Crippen molar-refractivity contribution in [1.29, 1.82) is 0 Å². The van der Waals surface area contributed by atoms with Gasteiger partial charge < -0.3 is 5.11 Å². The maximum atomic E-state index is 12.9. The Morgan fingerprint density at radius 2 is 1.72 bits per heavy atom. The lowest BCUT2D eigenvalue weighted by atomic mass is 9.95. The van der Waals surface area contributed by atoms with Crippen LogP contribution in [0.2, 0.25) is 5.02 Å². The van der Waals surface area contributed by atoms with Crippen LogP contribution in [0.1, 0.15) is 22.7 Å². The van der Waals surface area contributed by atoms with E-state index in [1.54, 1.807) is 42.5 Å². The summed E-state index contributed by atoms with van der Waals surface area (Å²) < 4.78 is 0. The first-order chi connectivity index (χ1) is 14.0. The van der Waals surface area contributed by atoms with Gasteiger partial charge in [-0.2, -0.15) is 0 Å². The second-order valence-corrected chi connectivity index (χ2v) is 7.08. The number of aliphatic hydroxyl groups is 1. The van der Waals surface area contributed by atoms with E-state index in [-0.39, 0.29) is 17.3 Å². The normalized spacial score (nSPS) is 18.3. The van der Waals surface area contributed by atoms with Gasteiger partial charge >= 0.3 is 5.91 Å². The molecule has 7 heteroatoms. The summed E-state index contributed by atoms with van der Waals surface area (Å²) in [5, 5.41) is 11.4. The fourth-order valence-electron chi connectivity index (χ4n) is 3.31. The molecule has 3 aromatic rings. The average molecular weight is 406 g/mol. The van der Waals surface area contributed by atoms with Gasteiger partial charge in [-0.05, 0) is 30.7 Å². The molecule has 0 radical (unpaired) electrons. The zero-order chi connectivity index (χ0) is 20.5. The third-order valence-electron chi connectivity index (χ3n) is 4.70. The van der Waals surface area contributed by atoms with Crippen LogP contribution in [0.15, 0.2) is 72.6 Å². The Morgan fingerprint density at radius 3 is 2.38 bits per heavy atom. The van der Waals surface area contributed by atoms with Crippen LogP contribution in [0.4, 0.5) is 5.95 Å². The number of benzene rings is 2. The zero-order valence-electron chi connectivity index (χ0n) is 15.4. The van der Waals surface area contributed by atoms with Crippen LogP contribution in [-0.4, -0.2) is 26.8 Å². The number of anilines is 1. The molecule has 4 rings (SSSR count). The number of hydrogen-bond donors (Lipinski definition) is 1. The SMILES string of the molecule is Cc1ccc(C(O)=C2C(=O)C(=O)N(c3ncccn3)[C@H]2c2cccc(Cl)c2)cc1. The van der Waals surface area contributed by atoms with Gasteiger partial charge in [-0.25, -0.2) is 9.97 Å². The minimum atomic E-state index is -0.905. The Kier molecular flexibility index (Phi) is 4.86. The van der Waals surface area contributed by atoms with E-state index in [9.17, 15) is 14.7 Å². The highest BCUT2D eigenvalue weighted by Gasteiger charge is 2.48. The molecule has 1 aromatic heterocycles. The highest BCUT2D eigenvalue weighted by molar-refractivity contribution is 6.51. The lowest BCUT2D eigenvalue weighted by Crippen LogP contribution is -2.31. The van der Waals surface area contributed by atoms with E-state index in [0.29, 0.717) is 16.1 Å². The summed E-state index contributed by atoms with van der Waals surface area (Å²) in [6.45, 7) is 1.92. The summed E-state index contributed by atoms with van der Waals surface area (Å²) >= 11 is 6.15. The number of aryl methyl sites for hydroxylation is 1. The van der Waals surface area contributed by atoms with Crippen molar-refractivity contribution in [1.82, 2.24) is 9.97 Å². The minimum Gasteiger partial charge on any atom is -0.507 e. The van der Waals surface area contributed by atoms with Crippen LogP contribution in [-0.2, 0) is 9.59 Å². The summed E-state index contributed by atoms with van der Waals surface area (Å²) in [6, 6.07) is 14.5. The van der Waals surface area contributed by atoms with Crippen molar-refractivity contribution in [2.24, 2.45) is 0 Å². The van der Waals surface area contributed by atoms with E-state index >= 15 is 0 Å². The molecule has 1 aliphatic heterocycles. The number of carbonyl (C=O) groups excluding carboxylic acids is 2. The van der Waals surface area contributed by atoms with Gasteiger partial charge in [0.1, 0.15) is 5.76 Å². The molecule has 2 heterocycles. The number of amides is 1. The number of halogens is 1. The van der Waals surface area contributed by atoms with Crippen LogP contribution < -0.4 is 4.90 Å². The largest absolute Gasteiger partial charge is 0.507 e. The molecule has 1 saturated heterocycles. The standard InChI is InChI=1S/C22H16ClN3O3/c1-13-6-8-14(9-7-13)19(27)17-18(15-4-2-5-16(23)12-15)26(21(29)20(17)28)22-24-10-3-11-25-22/h2-12,18,27H,1H3/t18-/m0/s1. The van der Waals surface area contributed by atoms with E-state index in [2.05, 4.69) is 9.97 Å². The smallest absolute Gasteiger partial charge is 0.302 e. The molecule has 144 valence electrons. The third kappa shape index (κ3) is 3.39. The molecule has 0 unspecified atom stereocenters. The van der Waals surface area contributed by atoms with Gasteiger partial charge in [-0.3, -0.25) is 14.5 Å². The first-order valence-corrected chi connectivity index (χ1v) is 9.25. The van der Waals surface area contributed by atoms with Crippen molar-refractivity contribution < 1.29 is 14.7 Å². The molecule has 1 N–H and O–H groups in total. The van der Waals surface area contributed by atoms with Gasteiger partial charge in [0.25, 0.3) is 5.78 Å². The highest BCUT2D eigenvalue weighted by atomic mass is 35.5. The van der Waals surface area contributed by atoms with Gasteiger partial charge in [0.05, 0.1) is 11.6 Å². The summed E-state index contributed by atoms with van der Waals surface area (Å²) in [5.41, 5.74) is 1.98. The highest BCUT2D eigenvalue weighted by Crippen LogP contribution is 2.41. The number of aliphatic hydroxyl groups excluding tert-OH is 1. The first kappa shape index (κ1) is 18.8. The number of rotatable bonds is 3. The van der Waals surface area contributed by atoms with Crippen molar-refractivity contribution in [3.63, 3.8) is 0 Å². The molecular weight excluding hydrogens is 390 g/mol. The lowest BCUT2D eigenvalue weighted by Gasteiger charge is -2.23. The third-order valence-corrected chi connectivity index (χ3v) is 4.94. The second kappa shape index (κ2) is 7.48. The summed E-state index contributed by atoms with van der Waals surface area (Å²) in [7, 11) is 0. The number of ketones is 1. The molecule has 2 aromatic carbocycles. The fraction of sp³-hybridized carbons (Fsp3) is 0.0909. The van der Waals surface area contributed by atoms with E-state index in [1.807, 2.05) is 19.1 Å². The lowest BCUT2D eigenvalue weighted by molar-refractivity contribution is -0.132. The van der Waals surface area contributed by atoms with Crippen LogP contribution in [0.5, 0.6) is 0 Å². The van der Waals surface area contributed by atoms with Crippen molar-refractivity contribution in [2.45, 2.75) is 13.0 Å². The molecular formula is C22H16ClN3O3. The van der Waals surface area contributed by atoms with E-state index in [0.717, 1.165) is 5.56 Å². The van der Waals surface area contributed by atoms with Crippen LogP contribution in [0.25, 0.3) is 5.76 Å². The van der Waals surface area contributed by atoms with Gasteiger partial charge in [0, 0.05) is 23.0 Å². The monoisotopic (exact) mass is 405 g/mol. The predicted molar refractivity (Wildman–Crippen MR) is 109 cm³/mol. The molecule has 1 amide bonds. The average Bonchev–Trinajstić information content (AvgIpc) is 2.99. The fourth-order valence-corrected chi connectivity index (χ4v) is 3.51. The molecule has 0 spiro atoms. The number of Topliss-reactive ketones (excluding diaryl/α,β-unsaturated/α-hetero) is 1. The maximum Gasteiger partial charge on any atom is 0.302 e. The number of aromatic nitrogens is 2. The van der Waals surface area contributed by atoms with Gasteiger partial charge in [0.2, 0.25) is 5.95 Å². The molecule has 0 bridgehead atoms. The number of hydrogen-bond acceptors (Lipinski definition) is 5. The summed E-state index contributed by atoms with van der Waals surface area (Å²) in [5.74, 6) is -1.80. The van der Waals surface area contributed by atoms with E-state index in [1.165, 1.54) is 17.3 Å². The Bertz CT molecular complexity index is 1130. The van der Waals surface area contributed by atoms with E-state index < -0.39 is 17.7 Å². The second-order valence-electron chi connectivity index (χ2n) is 6.64. The van der Waals surface area contributed by atoms with Gasteiger partial charge in [0.15, 0.2) is 0 Å². The topological polar surface area (TPSA) is 83.4 Å². The van der Waals surface area contributed by atoms with Crippen molar-refractivity contribution >= 4 is 35.0 Å². The Labute approximate surface area is 172 Å². The Hall–Kier alpha value is -3.51. The van der Waals surface area contributed by atoms with Crippen molar-refractivity contribution in [3.05, 3.63) is 94.3 Å². The Balaban J connectivity index is 1.95. The molecule has 6 nitrogen and oxygen atoms in total. The molecule has 29 heavy (non-hydrogen) atoms. The first-order valence-electron chi connectivity index (χ1n) is 8.88. The van der Waals surface area contributed by atoms with Crippen molar-refractivity contribution in [3.8, 4) is 0 Å². The minimum absolute atomic E-state index is 0.0337. The van der Waals surface area contributed by atoms with E-state index in [4.69, 9.17) is 11.6 Å².